The van der Waals surface area contributed by atoms with E-state index in [1.807, 2.05) is 18.5 Å². The van der Waals surface area contributed by atoms with E-state index in [1.165, 1.54) is 49.4 Å². The van der Waals surface area contributed by atoms with Gasteiger partial charge in [0, 0.05) is 23.5 Å². The molecule has 1 fully saturated rings. The first kappa shape index (κ1) is 14.2. The van der Waals surface area contributed by atoms with Crippen molar-refractivity contribution < 1.29 is 9.80 Å². The Morgan fingerprint density at radius 3 is 2.19 bits per heavy atom. The molecular formula is C18H25N3+2. The van der Waals surface area contributed by atoms with Gasteiger partial charge in [0.2, 0.25) is 0 Å². The third kappa shape index (κ3) is 4.13. The first-order valence-electron chi connectivity index (χ1n) is 7.91. The van der Waals surface area contributed by atoms with Crippen LogP contribution in [0.15, 0.2) is 48.8 Å². The zero-order chi connectivity index (χ0) is 14.5. The van der Waals surface area contributed by atoms with E-state index in [1.54, 1.807) is 9.80 Å². The molecule has 3 rings (SSSR count). The van der Waals surface area contributed by atoms with Crippen molar-refractivity contribution >= 4 is 0 Å². The van der Waals surface area contributed by atoms with Gasteiger partial charge in [-0.15, -0.1) is 0 Å². The van der Waals surface area contributed by atoms with Crippen LogP contribution in [0.1, 0.15) is 16.7 Å². The Morgan fingerprint density at radius 1 is 0.905 bits per heavy atom. The van der Waals surface area contributed by atoms with E-state index >= 15 is 0 Å². The third-order valence-corrected chi connectivity index (χ3v) is 4.38. The highest BCUT2D eigenvalue weighted by Crippen LogP contribution is 2.01. The van der Waals surface area contributed by atoms with Crippen molar-refractivity contribution in [1.82, 2.24) is 4.98 Å². The highest BCUT2D eigenvalue weighted by molar-refractivity contribution is 5.21. The van der Waals surface area contributed by atoms with Gasteiger partial charge in [-0.25, -0.2) is 0 Å². The van der Waals surface area contributed by atoms with E-state index < -0.39 is 0 Å². The lowest BCUT2D eigenvalue weighted by Crippen LogP contribution is -3.27. The van der Waals surface area contributed by atoms with E-state index in [9.17, 15) is 0 Å². The molecule has 0 bridgehead atoms. The lowest BCUT2D eigenvalue weighted by molar-refractivity contribution is -1.02. The molecule has 0 saturated carbocycles. The Bertz CT molecular complexity index is 560. The Kier molecular flexibility index (Phi) is 4.63. The van der Waals surface area contributed by atoms with Gasteiger partial charge in [-0.05, 0) is 13.0 Å². The Hall–Kier alpha value is -1.71. The van der Waals surface area contributed by atoms with Gasteiger partial charge in [-0.2, -0.15) is 0 Å². The number of hydrogen-bond donors (Lipinski definition) is 2. The lowest BCUT2D eigenvalue weighted by atomic mass is 10.1. The predicted molar refractivity (Wildman–Crippen MR) is 84.2 cm³/mol. The van der Waals surface area contributed by atoms with Crippen LogP contribution in [-0.2, 0) is 13.1 Å². The molecular weight excluding hydrogens is 258 g/mol. The topological polar surface area (TPSA) is 21.8 Å². The lowest BCUT2D eigenvalue weighted by Gasteiger charge is -2.29. The maximum atomic E-state index is 4.21. The van der Waals surface area contributed by atoms with Crippen LogP contribution in [0.5, 0.6) is 0 Å². The summed E-state index contributed by atoms with van der Waals surface area (Å²) in [6, 6.07) is 13.2. The molecule has 0 aliphatic carbocycles. The number of benzene rings is 1. The number of aryl methyl sites for hydroxylation is 1. The molecule has 3 nitrogen and oxygen atoms in total. The summed E-state index contributed by atoms with van der Waals surface area (Å²) in [6.07, 6.45) is 3.85. The monoisotopic (exact) mass is 283 g/mol. The van der Waals surface area contributed by atoms with E-state index in [0.29, 0.717) is 0 Å². The minimum absolute atomic E-state index is 1.12. The second-order valence-electron chi connectivity index (χ2n) is 6.20. The fourth-order valence-corrected chi connectivity index (χ4v) is 3.21. The van der Waals surface area contributed by atoms with Crippen molar-refractivity contribution in [1.29, 1.82) is 0 Å². The first-order chi connectivity index (χ1) is 10.3. The standard InChI is InChI=1S/C18H23N3/c1-16-4-2-5-17(12-16)14-20-8-10-21(11-9-20)15-18-6-3-7-19-13-18/h2-7,12-13H,8-11,14-15H2,1H3/p+2. The second kappa shape index (κ2) is 6.83. The molecule has 0 spiro atoms. The molecule has 0 unspecified atom stereocenters. The zero-order valence-electron chi connectivity index (χ0n) is 12.8. The molecule has 0 atom stereocenters. The van der Waals surface area contributed by atoms with Crippen LogP contribution in [0.3, 0.4) is 0 Å². The van der Waals surface area contributed by atoms with E-state index in [4.69, 9.17) is 0 Å². The van der Waals surface area contributed by atoms with Gasteiger partial charge in [0.1, 0.15) is 39.3 Å². The largest absolute Gasteiger partial charge is 0.322 e. The van der Waals surface area contributed by atoms with Crippen LogP contribution in [0.4, 0.5) is 0 Å². The maximum absolute atomic E-state index is 4.21. The summed E-state index contributed by atoms with van der Waals surface area (Å²) in [7, 11) is 0. The van der Waals surface area contributed by atoms with Crippen molar-refractivity contribution in [3.05, 3.63) is 65.5 Å². The molecule has 1 aliphatic heterocycles. The van der Waals surface area contributed by atoms with Gasteiger partial charge < -0.3 is 9.80 Å². The molecule has 2 heterocycles. The average Bonchev–Trinajstić information content (AvgIpc) is 2.50. The number of nitrogens with one attached hydrogen (secondary N) is 2. The number of hydrogen-bond acceptors (Lipinski definition) is 1. The molecule has 1 saturated heterocycles. The van der Waals surface area contributed by atoms with Crippen LogP contribution in [0, 0.1) is 6.92 Å². The molecule has 2 N–H and O–H groups in total. The summed E-state index contributed by atoms with van der Waals surface area (Å²) in [5, 5.41) is 0. The number of pyridine rings is 1. The number of nitrogens with zero attached hydrogens (tertiary/aromatic N) is 1. The van der Waals surface area contributed by atoms with Crippen molar-refractivity contribution in [3.63, 3.8) is 0 Å². The summed E-state index contributed by atoms with van der Waals surface area (Å²) in [4.78, 5) is 7.62. The van der Waals surface area contributed by atoms with Crippen molar-refractivity contribution in [2.45, 2.75) is 20.0 Å². The summed E-state index contributed by atoms with van der Waals surface area (Å²) in [6.45, 7) is 9.52. The van der Waals surface area contributed by atoms with Gasteiger partial charge in [0.05, 0.1) is 0 Å². The van der Waals surface area contributed by atoms with Crippen molar-refractivity contribution in [2.75, 3.05) is 26.2 Å². The SMILES string of the molecule is Cc1cccc(C[NH+]2CC[NH+](Cc3cccnc3)CC2)c1. The van der Waals surface area contributed by atoms with Gasteiger partial charge in [0.25, 0.3) is 0 Å². The average molecular weight is 283 g/mol. The van der Waals surface area contributed by atoms with Crippen LogP contribution < -0.4 is 9.80 Å². The fraction of sp³-hybridized carbons (Fsp3) is 0.389. The minimum Gasteiger partial charge on any atom is -0.322 e. The molecule has 1 aliphatic rings. The fourth-order valence-electron chi connectivity index (χ4n) is 3.21. The second-order valence-corrected chi connectivity index (χ2v) is 6.20. The first-order valence-corrected chi connectivity index (χ1v) is 7.91. The predicted octanol–water partition coefficient (Wildman–Crippen LogP) is -0.126. The Labute approximate surface area is 127 Å². The summed E-state index contributed by atoms with van der Waals surface area (Å²) in [5.74, 6) is 0. The number of rotatable bonds is 4. The van der Waals surface area contributed by atoms with Crippen LogP contribution in [0.25, 0.3) is 0 Å². The quantitative estimate of drug-likeness (QED) is 0.802. The van der Waals surface area contributed by atoms with Gasteiger partial charge >= 0.3 is 0 Å². The summed E-state index contributed by atoms with van der Waals surface area (Å²) >= 11 is 0. The van der Waals surface area contributed by atoms with E-state index in [-0.39, 0.29) is 0 Å². The van der Waals surface area contributed by atoms with Gasteiger partial charge in [-0.3, -0.25) is 4.98 Å². The molecule has 21 heavy (non-hydrogen) atoms. The van der Waals surface area contributed by atoms with E-state index in [2.05, 4.69) is 42.2 Å². The molecule has 1 aromatic heterocycles. The smallest absolute Gasteiger partial charge is 0.127 e. The summed E-state index contributed by atoms with van der Waals surface area (Å²) < 4.78 is 0. The molecule has 2 aromatic rings. The molecule has 0 amide bonds. The van der Waals surface area contributed by atoms with Gasteiger partial charge in [0.15, 0.2) is 0 Å². The van der Waals surface area contributed by atoms with Gasteiger partial charge in [-0.1, -0.05) is 35.9 Å². The Morgan fingerprint density at radius 2 is 1.57 bits per heavy atom. The highest BCUT2D eigenvalue weighted by Gasteiger charge is 2.23. The van der Waals surface area contributed by atoms with Crippen LogP contribution in [0.2, 0.25) is 0 Å². The van der Waals surface area contributed by atoms with Crippen LogP contribution in [-0.4, -0.2) is 31.2 Å². The molecule has 110 valence electrons. The number of quaternary nitrogens is 2. The van der Waals surface area contributed by atoms with E-state index in [0.717, 1.165) is 6.54 Å². The zero-order valence-corrected chi connectivity index (χ0v) is 12.8. The van der Waals surface area contributed by atoms with Crippen molar-refractivity contribution in [3.8, 4) is 0 Å². The van der Waals surface area contributed by atoms with Crippen LogP contribution >= 0.6 is 0 Å². The summed E-state index contributed by atoms with van der Waals surface area (Å²) in [5.41, 5.74) is 4.20. The molecule has 0 radical (unpaired) electrons. The number of aromatic nitrogens is 1. The highest BCUT2D eigenvalue weighted by atomic mass is 15.3. The third-order valence-electron chi connectivity index (χ3n) is 4.38. The normalized spacial score (nSPS) is 22.1. The number of piperazine rings is 1. The molecule has 3 heteroatoms. The maximum Gasteiger partial charge on any atom is 0.127 e. The Balaban J connectivity index is 1.49. The molecule has 1 aromatic carbocycles. The minimum atomic E-state index is 1.12. The van der Waals surface area contributed by atoms with Crippen molar-refractivity contribution in [2.24, 2.45) is 0 Å².